The minimum atomic E-state index is -0.580. The second-order valence-corrected chi connectivity index (χ2v) is 8.28. The van der Waals surface area contributed by atoms with E-state index >= 15 is 0 Å². The molecule has 0 aromatic heterocycles. The number of rotatable bonds is 2. The molecule has 1 heterocycles. The first-order valence-electron chi connectivity index (χ1n) is 8.48. The Balaban J connectivity index is 1.53. The van der Waals surface area contributed by atoms with Crippen molar-refractivity contribution in [1.29, 1.82) is 0 Å². The Hall–Kier alpha value is -1.10. The quantitative estimate of drug-likeness (QED) is 0.781. The van der Waals surface area contributed by atoms with E-state index in [2.05, 4.69) is 24.3 Å². The van der Waals surface area contributed by atoms with Crippen LogP contribution < -0.4 is 0 Å². The zero-order chi connectivity index (χ0) is 15.4. The molecule has 3 fully saturated rings. The van der Waals surface area contributed by atoms with E-state index < -0.39 is 5.79 Å². The molecule has 0 radical (unpaired) electrons. The number of ketones is 1. The molecule has 2 saturated carbocycles. The number of carbonyl (C=O) groups excluding carboxylic acids is 1. The summed E-state index contributed by atoms with van der Waals surface area (Å²) >= 11 is 1.75. The van der Waals surface area contributed by atoms with E-state index in [4.69, 9.17) is 9.47 Å². The van der Waals surface area contributed by atoms with Gasteiger partial charge in [-0.25, -0.2) is 0 Å². The van der Waals surface area contributed by atoms with E-state index in [9.17, 15) is 4.79 Å². The number of hydrogen-bond donors (Lipinski definition) is 0. The van der Waals surface area contributed by atoms with E-state index in [-0.39, 0.29) is 17.1 Å². The summed E-state index contributed by atoms with van der Waals surface area (Å²) in [5, 5.41) is 0.0499. The van der Waals surface area contributed by atoms with Crippen LogP contribution >= 0.6 is 11.8 Å². The fraction of sp³-hybridized carbons (Fsp3) is 0.526. The highest BCUT2D eigenvalue weighted by molar-refractivity contribution is 8.00. The van der Waals surface area contributed by atoms with E-state index in [0.717, 1.165) is 6.42 Å². The summed E-state index contributed by atoms with van der Waals surface area (Å²) in [5.41, 5.74) is 0. The number of fused-ring (bicyclic) bond motifs is 6. The minimum Gasteiger partial charge on any atom is -0.346 e. The highest BCUT2D eigenvalue weighted by Gasteiger charge is 2.65. The predicted molar refractivity (Wildman–Crippen MR) is 88.1 cm³/mol. The molecular formula is C19H20O3S. The van der Waals surface area contributed by atoms with E-state index in [1.54, 1.807) is 11.8 Å². The third kappa shape index (κ3) is 2.01. The van der Waals surface area contributed by atoms with Crippen LogP contribution in [-0.4, -0.2) is 30.0 Å². The van der Waals surface area contributed by atoms with Crippen molar-refractivity contribution in [2.45, 2.75) is 28.8 Å². The lowest BCUT2D eigenvalue weighted by Gasteiger charge is -2.48. The third-order valence-corrected chi connectivity index (χ3v) is 7.22. The van der Waals surface area contributed by atoms with Gasteiger partial charge in [-0.05, 0) is 30.4 Å². The number of thioether (sulfide) groups is 1. The molecule has 1 saturated heterocycles. The van der Waals surface area contributed by atoms with Crippen LogP contribution in [0.4, 0.5) is 0 Å². The third-order valence-electron chi connectivity index (χ3n) is 5.89. The van der Waals surface area contributed by atoms with E-state index in [0.29, 0.717) is 37.3 Å². The van der Waals surface area contributed by atoms with Crippen LogP contribution in [0.5, 0.6) is 0 Å². The van der Waals surface area contributed by atoms with Gasteiger partial charge < -0.3 is 9.47 Å². The molecule has 3 aliphatic carbocycles. The summed E-state index contributed by atoms with van der Waals surface area (Å²) in [5.74, 6) is 0.975. The first-order chi connectivity index (χ1) is 11.3. The first-order valence-corrected chi connectivity index (χ1v) is 9.36. The smallest absolute Gasteiger partial charge is 0.185 e. The van der Waals surface area contributed by atoms with Crippen molar-refractivity contribution in [2.24, 2.45) is 23.7 Å². The molecular weight excluding hydrogens is 308 g/mol. The number of hydrogen-bond acceptors (Lipinski definition) is 4. The van der Waals surface area contributed by atoms with Gasteiger partial charge >= 0.3 is 0 Å². The number of Topliss-reactive ketones (excluding diaryl/α,β-unsaturated/α-hetero) is 1. The van der Waals surface area contributed by atoms with Gasteiger partial charge in [0.05, 0.1) is 18.5 Å². The van der Waals surface area contributed by atoms with Gasteiger partial charge in [-0.1, -0.05) is 30.4 Å². The van der Waals surface area contributed by atoms with Crippen molar-refractivity contribution in [2.75, 3.05) is 13.2 Å². The number of benzene rings is 1. The predicted octanol–water partition coefficient (Wildman–Crippen LogP) is 3.30. The summed E-state index contributed by atoms with van der Waals surface area (Å²) in [6.07, 6.45) is 6.19. The van der Waals surface area contributed by atoms with Crippen LogP contribution in [0.1, 0.15) is 12.8 Å². The maximum atomic E-state index is 12.8. The number of ether oxygens (including phenoxy) is 2. The normalized spacial score (nSPS) is 40.0. The molecule has 0 unspecified atom stereocenters. The summed E-state index contributed by atoms with van der Waals surface area (Å²) in [6, 6.07) is 10.3. The summed E-state index contributed by atoms with van der Waals surface area (Å²) in [4.78, 5) is 14.0. The van der Waals surface area contributed by atoms with Gasteiger partial charge in [0.1, 0.15) is 5.78 Å². The largest absolute Gasteiger partial charge is 0.346 e. The highest BCUT2D eigenvalue weighted by atomic mass is 32.2. The molecule has 23 heavy (non-hydrogen) atoms. The molecule has 5 atom stereocenters. The second-order valence-electron chi connectivity index (χ2n) is 7.01. The van der Waals surface area contributed by atoms with Gasteiger partial charge in [-0.2, -0.15) is 0 Å². The van der Waals surface area contributed by atoms with Gasteiger partial charge in [0, 0.05) is 23.2 Å². The first kappa shape index (κ1) is 14.3. The molecule has 120 valence electrons. The minimum absolute atomic E-state index is 0.0499. The molecule has 1 aliphatic heterocycles. The zero-order valence-corrected chi connectivity index (χ0v) is 13.7. The molecule has 2 bridgehead atoms. The zero-order valence-electron chi connectivity index (χ0n) is 12.9. The maximum absolute atomic E-state index is 12.8. The lowest BCUT2D eigenvalue weighted by atomic mass is 9.68. The molecule has 4 aliphatic rings. The van der Waals surface area contributed by atoms with Crippen molar-refractivity contribution < 1.29 is 14.3 Å². The summed E-state index contributed by atoms with van der Waals surface area (Å²) in [6.45, 7) is 1.29. The average Bonchev–Trinajstić information content (AvgIpc) is 3.30. The Morgan fingerprint density at radius 3 is 2.57 bits per heavy atom. The molecule has 0 amide bonds. The van der Waals surface area contributed by atoms with Crippen molar-refractivity contribution in [3.05, 3.63) is 42.5 Å². The maximum Gasteiger partial charge on any atom is 0.185 e. The standard InChI is InChI=1S/C19H20O3S/c20-15-11-16(23-14-4-2-1-3-5-14)19(21-8-9-22-19)18-13-7-6-12(10-13)17(15)18/h1-7,12-13,16-18H,8-11H2/t12-,13+,16-,17+,18+/m0/s1. The van der Waals surface area contributed by atoms with Crippen LogP contribution in [0.15, 0.2) is 47.4 Å². The fourth-order valence-corrected chi connectivity index (χ4v) is 6.44. The number of carbonyl (C=O) groups is 1. The Morgan fingerprint density at radius 2 is 1.78 bits per heavy atom. The molecule has 4 heteroatoms. The van der Waals surface area contributed by atoms with Crippen LogP contribution in [0, 0.1) is 23.7 Å². The van der Waals surface area contributed by atoms with Gasteiger partial charge in [0.25, 0.3) is 0 Å². The van der Waals surface area contributed by atoms with Gasteiger partial charge in [-0.15, -0.1) is 11.8 Å². The monoisotopic (exact) mass is 328 g/mol. The van der Waals surface area contributed by atoms with E-state index in [1.807, 2.05) is 18.2 Å². The van der Waals surface area contributed by atoms with Crippen molar-refractivity contribution in [3.8, 4) is 0 Å². The Kier molecular flexibility index (Phi) is 3.22. The second kappa shape index (κ2) is 5.20. The molecule has 1 spiro atoms. The van der Waals surface area contributed by atoms with Crippen LogP contribution in [0.3, 0.4) is 0 Å². The fourth-order valence-electron chi connectivity index (χ4n) is 5.10. The summed E-state index contributed by atoms with van der Waals surface area (Å²) in [7, 11) is 0. The lowest BCUT2D eigenvalue weighted by Crippen LogP contribution is -2.58. The Morgan fingerprint density at radius 1 is 1.04 bits per heavy atom. The molecule has 1 aromatic rings. The van der Waals surface area contributed by atoms with Crippen molar-refractivity contribution in [1.82, 2.24) is 0 Å². The van der Waals surface area contributed by atoms with Gasteiger partial charge in [0.15, 0.2) is 5.79 Å². The van der Waals surface area contributed by atoms with Gasteiger partial charge in [-0.3, -0.25) is 4.79 Å². The lowest BCUT2D eigenvalue weighted by molar-refractivity contribution is -0.221. The molecule has 5 rings (SSSR count). The SMILES string of the molecule is O=C1C[C@H](Sc2ccccc2)C2(OCCO2)[C@H]2[C@@H]1[C@H]1C=C[C@@H]2C1. The average molecular weight is 328 g/mol. The Bertz CT molecular complexity index is 650. The van der Waals surface area contributed by atoms with Crippen LogP contribution in [0.25, 0.3) is 0 Å². The highest BCUT2D eigenvalue weighted by Crippen LogP contribution is 2.60. The molecule has 1 aromatic carbocycles. The molecule has 3 nitrogen and oxygen atoms in total. The van der Waals surface area contributed by atoms with Crippen molar-refractivity contribution >= 4 is 17.5 Å². The van der Waals surface area contributed by atoms with Crippen LogP contribution in [0.2, 0.25) is 0 Å². The van der Waals surface area contributed by atoms with Gasteiger partial charge in [0.2, 0.25) is 0 Å². The number of allylic oxidation sites excluding steroid dienone is 2. The van der Waals surface area contributed by atoms with Crippen LogP contribution in [-0.2, 0) is 14.3 Å². The molecule has 0 N–H and O–H groups in total. The van der Waals surface area contributed by atoms with E-state index in [1.165, 1.54) is 4.90 Å². The Labute approximate surface area is 140 Å². The van der Waals surface area contributed by atoms with Crippen molar-refractivity contribution in [3.63, 3.8) is 0 Å². The summed E-state index contributed by atoms with van der Waals surface area (Å²) < 4.78 is 12.5. The topological polar surface area (TPSA) is 35.5 Å².